The Kier molecular flexibility index (Phi) is 3.75. The molecule has 1 aliphatic carbocycles. The van der Waals surface area contributed by atoms with Crippen molar-refractivity contribution < 1.29 is 4.79 Å². The smallest absolute Gasteiger partial charge is 0.180 e. The molecule has 1 unspecified atom stereocenters. The van der Waals surface area contributed by atoms with E-state index in [9.17, 15) is 4.79 Å². The number of carbonyl (C=O) groups excluding carboxylic acids is 1. The number of hydrogen-bond donors (Lipinski definition) is 1. The van der Waals surface area contributed by atoms with Crippen LogP contribution in [-0.4, -0.2) is 11.8 Å². The average Bonchev–Trinajstić information content (AvgIpc) is 2.27. The lowest BCUT2D eigenvalue weighted by Gasteiger charge is -2.28. The molecule has 0 amide bonds. The second-order valence-electron chi connectivity index (χ2n) is 4.71. The van der Waals surface area contributed by atoms with Crippen molar-refractivity contribution in [2.45, 2.75) is 37.6 Å². The first-order valence-corrected chi connectivity index (χ1v) is 6.23. The third kappa shape index (κ3) is 2.47. The standard InChI is InChI=1S/C15H19NO/c1-2-6-14(16)15(17)13-10-4-3-9-12(13)11-7-5-8-11/h2-4,9-11,14H,1,5-8,16H2. The highest BCUT2D eigenvalue weighted by Gasteiger charge is 2.25. The summed E-state index contributed by atoms with van der Waals surface area (Å²) in [4.78, 5) is 12.2. The largest absolute Gasteiger partial charge is 0.321 e. The highest BCUT2D eigenvalue weighted by Crippen LogP contribution is 2.38. The summed E-state index contributed by atoms with van der Waals surface area (Å²) in [6, 6.07) is 7.43. The second kappa shape index (κ2) is 5.28. The van der Waals surface area contributed by atoms with E-state index in [1.807, 2.05) is 18.2 Å². The van der Waals surface area contributed by atoms with E-state index in [-0.39, 0.29) is 5.78 Å². The summed E-state index contributed by atoms with van der Waals surface area (Å²) in [6.45, 7) is 3.63. The SMILES string of the molecule is C=CCC(N)C(=O)c1ccccc1C1CCC1. The zero-order chi connectivity index (χ0) is 12.3. The number of nitrogens with two attached hydrogens (primary N) is 1. The molecule has 2 nitrogen and oxygen atoms in total. The van der Waals surface area contributed by atoms with E-state index in [2.05, 4.69) is 12.6 Å². The van der Waals surface area contributed by atoms with Crippen LogP contribution in [0.15, 0.2) is 36.9 Å². The summed E-state index contributed by atoms with van der Waals surface area (Å²) in [5, 5.41) is 0. The summed E-state index contributed by atoms with van der Waals surface area (Å²) >= 11 is 0. The summed E-state index contributed by atoms with van der Waals surface area (Å²) in [5.74, 6) is 0.610. The van der Waals surface area contributed by atoms with E-state index in [1.165, 1.54) is 24.8 Å². The molecule has 0 bridgehead atoms. The number of ketones is 1. The molecule has 1 atom stereocenters. The summed E-state index contributed by atoms with van der Waals surface area (Å²) < 4.78 is 0. The van der Waals surface area contributed by atoms with Gasteiger partial charge in [0, 0.05) is 5.56 Å². The topological polar surface area (TPSA) is 43.1 Å². The molecule has 0 saturated heterocycles. The number of Topliss-reactive ketones (excluding diaryl/α,β-unsaturated/α-hetero) is 1. The molecule has 1 fully saturated rings. The lowest BCUT2D eigenvalue weighted by atomic mass is 9.77. The Bertz CT molecular complexity index is 421. The minimum Gasteiger partial charge on any atom is -0.321 e. The van der Waals surface area contributed by atoms with Crippen molar-refractivity contribution in [3.63, 3.8) is 0 Å². The van der Waals surface area contributed by atoms with E-state index >= 15 is 0 Å². The van der Waals surface area contributed by atoms with Crippen molar-refractivity contribution in [3.8, 4) is 0 Å². The Labute approximate surface area is 103 Å². The summed E-state index contributed by atoms with van der Waals surface area (Å²) in [5.41, 5.74) is 7.86. The van der Waals surface area contributed by atoms with Gasteiger partial charge in [-0.25, -0.2) is 0 Å². The zero-order valence-electron chi connectivity index (χ0n) is 10.1. The summed E-state index contributed by atoms with van der Waals surface area (Å²) in [6.07, 6.45) is 5.90. The lowest BCUT2D eigenvalue weighted by Crippen LogP contribution is -2.31. The molecular formula is C15H19NO. The van der Waals surface area contributed by atoms with Gasteiger partial charge in [0.05, 0.1) is 6.04 Å². The van der Waals surface area contributed by atoms with Crippen LogP contribution in [0.5, 0.6) is 0 Å². The number of hydrogen-bond acceptors (Lipinski definition) is 2. The first kappa shape index (κ1) is 12.1. The molecule has 0 aromatic heterocycles. The third-order valence-electron chi connectivity index (χ3n) is 3.53. The fourth-order valence-electron chi connectivity index (χ4n) is 2.28. The van der Waals surface area contributed by atoms with Crippen molar-refractivity contribution in [2.75, 3.05) is 0 Å². The maximum Gasteiger partial charge on any atom is 0.180 e. The van der Waals surface area contributed by atoms with Gasteiger partial charge in [0.1, 0.15) is 0 Å². The normalized spacial score (nSPS) is 17.2. The number of carbonyl (C=O) groups is 1. The lowest BCUT2D eigenvalue weighted by molar-refractivity contribution is 0.0960. The van der Waals surface area contributed by atoms with Gasteiger partial charge >= 0.3 is 0 Å². The van der Waals surface area contributed by atoms with Gasteiger partial charge in [0.2, 0.25) is 0 Å². The van der Waals surface area contributed by atoms with E-state index in [0.29, 0.717) is 12.3 Å². The van der Waals surface area contributed by atoms with Crippen molar-refractivity contribution in [3.05, 3.63) is 48.0 Å². The van der Waals surface area contributed by atoms with E-state index < -0.39 is 6.04 Å². The Hall–Kier alpha value is -1.41. The van der Waals surface area contributed by atoms with Crippen molar-refractivity contribution in [1.82, 2.24) is 0 Å². The van der Waals surface area contributed by atoms with E-state index in [1.54, 1.807) is 6.08 Å². The van der Waals surface area contributed by atoms with E-state index in [4.69, 9.17) is 5.73 Å². The Morgan fingerprint density at radius 3 is 2.76 bits per heavy atom. The second-order valence-corrected chi connectivity index (χ2v) is 4.71. The molecule has 90 valence electrons. The first-order valence-electron chi connectivity index (χ1n) is 6.23. The quantitative estimate of drug-likeness (QED) is 0.623. The predicted octanol–water partition coefficient (Wildman–Crippen LogP) is 3.04. The van der Waals surface area contributed by atoms with Crippen LogP contribution < -0.4 is 5.73 Å². The maximum atomic E-state index is 12.2. The van der Waals surface area contributed by atoms with Gasteiger partial charge in [-0.05, 0) is 30.7 Å². The molecule has 2 rings (SSSR count). The van der Waals surface area contributed by atoms with Crippen molar-refractivity contribution >= 4 is 5.78 Å². The van der Waals surface area contributed by atoms with Crippen LogP contribution in [0.2, 0.25) is 0 Å². The minimum absolute atomic E-state index is 0.0485. The maximum absolute atomic E-state index is 12.2. The van der Waals surface area contributed by atoms with Crippen LogP contribution in [-0.2, 0) is 0 Å². The zero-order valence-corrected chi connectivity index (χ0v) is 10.1. The average molecular weight is 229 g/mol. The Morgan fingerprint density at radius 1 is 1.47 bits per heavy atom. The van der Waals surface area contributed by atoms with Gasteiger partial charge in [-0.2, -0.15) is 0 Å². The molecule has 17 heavy (non-hydrogen) atoms. The molecule has 1 aromatic rings. The van der Waals surface area contributed by atoms with Crippen LogP contribution in [0, 0.1) is 0 Å². The Balaban J connectivity index is 2.24. The molecular weight excluding hydrogens is 210 g/mol. The fourth-order valence-corrected chi connectivity index (χ4v) is 2.28. The minimum atomic E-state index is -0.450. The molecule has 2 heteroatoms. The van der Waals surface area contributed by atoms with Crippen LogP contribution >= 0.6 is 0 Å². The number of benzene rings is 1. The third-order valence-corrected chi connectivity index (χ3v) is 3.53. The Morgan fingerprint density at radius 2 is 2.18 bits per heavy atom. The van der Waals surface area contributed by atoms with Gasteiger partial charge < -0.3 is 5.73 Å². The van der Waals surface area contributed by atoms with Crippen LogP contribution in [0.3, 0.4) is 0 Å². The molecule has 1 aliphatic rings. The highest BCUT2D eigenvalue weighted by molar-refractivity contribution is 6.01. The molecule has 0 spiro atoms. The van der Waals surface area contributed by atoms with Crippen LogP contribution in [0.25, 0.3) is 0 Å². The fraction of sp³-hybridized carbons (Fsp3) is 0.400. The predicted molar refractivity (Wildman–Crippen MR) is 70.2 cm³/mol. The molecule has 0 heterocycles. The summed E-state index contributed by atoms with van der Waals surface area (Å²) in [7, 11) is 0. The van der Waals surface area contributed by atoms with Crippen LogP contribution in [0.4, 0.5) is 0 Å². The molecule has 1 saturated carbocycles. The van der Waals surface area contributed by atoms with Gasteiger partial charge in [-0.1, -0.05) is 36.8 Å². The van der Waals surface area contributed by atoms with Gasteiger partial charge in [0.15, 0.2) is 5.78 Å². The molecule has 0 aliphatic heterocycles. The number of rotatable bonds is 5. The monoisotopic (exact) mass is 229 g/mol. The van der Waals surface area contributed by atoms with Crippen molar-refractivity contribution in [2.24, 2.45) is 5.73 Å². The van der Waals surface area contributed by atoms with E-state index in [0.717, 1.165) is 5.56 Å². The molecule has 2 N–H and O–H groups in total. The van der Waals surface area contributed by atoms with Crippen LogP contribution in [0.1, 0.15) is 47.5 Å². The molecule has 0 radical (unpaired) electrons. The van der Waals surface area contributed by atoms with Gasteiger partial charge in [-0.15, -0.1) is 6.58 Å². The van der Waals surface area contributed by atoms with Crippen molar-refractivity contribution in [1.29, 1.82) is 0 Å². The first-order chi connectivity index (χ1) is 8.24. The van der Waals surface area contributed by atoms with Gasteiger partial charge in [0.25, 0.3) is 0 Å². The molecule has 1 aromatic carbocycles. The van der Waals surface area contributed by atoms with Gasteiger partial charge in [-0.3, -0.25) is 4.79 Å². The highest BCUT2D eigenvalue weighted by atomic mass is 16.1.